The van der Waals surface area contributed by atoms with Gasteiger partial charge in [0.05, 0.1) is 5.69 Å². The second-order valence-corrected chi connectivity index (χ2v) is 3.06. The van der Waals surface area contributed by atoms with Crippen LogP contribution in [0.1, 0.15) is 22.5 Å². The Bertz CT molecular complexity index is 332. The molecule has 0 aromatic carbocycles. The number of nitrogens with zero attached hydrogens (tertiary/aromatic N) is 1. The molecule has 0 saturated carbocycles. The fraction of sp³-hybridized carbons (Fsp3) is 0.300. The van der Waals surface area contributed by atoms with Gasteiger partial charge in [-0.15, -0.1) is 0 Å². The van der Waals surface area contributed by atoms with Gasteiger partial charge in [-0.05, 0) is 38.0 Å². The molecule has 0 unspecified atom stereocenters. The van der Waals surface area contributed by atoms with E-state index in [1.165, 1.54) is 11.8 Å². The molecule has 1 aromatic heterocycles. The van der Waals surface area contributed by atoms with E-state index in [1.807, 2.05) is 26.3 Å². The standard InChI is InChI=1S/C10H14N2O/c1-7-6-8(2)10(4-5-11-13)12-9(7)3/h4-6,11,13H,1-3H3/b5-4-. The summed E-state index contributed by atoms with van der Waals surface area (Å²) < 4.78 is 0. The zero-order valence-corrected chi connectivity index (χ0v) is 8.13. The van der Waals surface area contributed by atoms with Crippen molar-refractivity contribution in [2.75, 3.05) is 0 Å². The van der Waals surface area contributed by atoms with Gasteiger partial charge in [0.15, 0.2) is 0 Å². The molecule has 3 heteroatoms. The van der Waals surface area contributed by atoms with Gasteiger partial charge in [-0.2, -0.15) is 0 Å². The first-order valence-corrected chi connectivity index (χ1v) is 4.16. The monoisotopic (exact) mass is 178 g/mol. The first-order chi connectivity index (χ1) is 6.15. The second kappa shape index (κ2) is 4.05. The molecule has 0 fully saturated rings. The Kier molecular flexibility index (Phi) is 3.03. The van der Waals surface area contributed by atoms with Crippen LogP contribution in [0.2, 0.25) is 0 Å². The maximum absolute atomic E-state index is 8.38. The average Bonchev–Trinajstić information content (AvgIpc) is 2.09. The molecule has 70 valence electrons. The highest BCUT2D eigenvalue weighted by atomic mass is 16.5. The van der Waals surface area contributed by atoms with Crippen molar-refractivity contribution in [2.24, 2.45) is 0 Å². The van der Waals surface area contributed by atoms with Crippen molar-refractivity contribution in [3.63, 3.8) is 0 Å². The zero-order chi connectivity index (χ0) is 9.84. The second-order valence-electron chi connectivity index (χ2n) is 3.06. The molecule has 3 nitrogen and oxygen atoms in total. The normalized spacial score (nSPS) is 10.8. The summed E-state index contributed by atoms with van der Waals surface area (Å²) in [6, 6.07) is 2.08. The van der Waals surface area contributed by atoms with E-state index in [1.54, 1.807) is 6.08 Å². The molecule has 1 rings (SSSR count). The van der Waals surface area contributed by atoms with Crippen LogP contribution >= 0.6 is 0 Å². The zero-order valence-electron chi connectivity index (χ0n) is 8.13. The Morgan fingerprint density at radius 1 is 1.31 bits per heavy atom. The highest BCUT2D eigenvalue weighted by Gasteiger charge is 1.99. The van der Waals surface area contributed by atoms with Crippen LogP contribution in [-0.2, 0) is 0 Å². The van der Waals surface area contributed by atoms with Gasteiger partial charge in [-0.1, -0.05) is 6.07 Å². The van der Waals surface area contributed by atoms with Crippen LogP contribution in [0.4, 0.5) is 0 Å². The van der Waals surface area contributed by atoms with Gasteiger partial charge in [0.25, 0.3) is 0 Å². The SMILES string of the molecule is Cc1cc(C)c(/C=C\NO)nc1C. The van der Waals surface area contributed by atoms with Crippen LogP contribution in [0.25, 0.3) is 6.08 Å². The third kappa shape index (κ3) is 2.29. The molecule has 0 aliphatic heterocycles. The van der Waals surface area contributed by atoms with E-state index in [-0.39, 0.29) is 0 Å². The maximum atomic E-state index is 8.38. The van der Waals surface area contributed by atoms with E-state index in [0.29, 0.717) is 0 Å². The summed E-state index contributed by atoms with van der Waals surface area (Å²) in [7, 11) is 0. The van der Waals surface area contributed by atoms with E-state index in [9.17, 15) is 0 Å². The van der Waals surface area contributed by atoms with Crippen LogP contribution in [0.3, 0.4) is 0 Å². The van der Waals surface area contributed by atoms with Gasteiger partial charge in [0, 0.05) is 11.9 Å². The number of aromatic nitrogens is 1. The van der Waals surface area contributed by atoms with Gasteiger partial charge in [-0.3, -0.25) is 15.7 Å². The summed E-state index contributed by atoms with van der Waals surface area (Å²) in [5, 5.41) is 8.38. The lowest BCUT2D eigenvalue weighted by molar-refractivity contribution is 0.215. The van der Waals surface area contributed by atoms with E-state index in [0.717, 1.165) is 17.0 Å². The molecule has 0 atom stereocenters. The first-order valence-electron chi connectivity index (χ1n) is 4.16. The van der Waals surface area contributed by atoms with Gasteiger partial charge in [0.2, 0.25) is 0 Å². The lowest BCUT2D eigenvalue weighted by Gasteiger charge is -2.04. The molecule has 0 aliphatic rings. The number of pyridine rings is 1. The van der Waals surface area contributed by atoms with Gasteiger partial charge >= 0.3 is 0 Å². The molecular formula is C10H14N2O. The lowest BCUT2D eigenvalue weighted by Crippen LogP contribution is -1.96. The molecule has 1 aromatic rings. The quantitative estimate of drug-likeness (QED) is 0.680. The van der Waals surface area contributed by atoms with Crippen LogP contribution in [-0.4, -0.2) is 10.2 Å². The smallest absolute Gasteiger partial charge is 0.0677 e. The number of hydrogen-bond acceptors (Lipinski definition) is 3. The number of hydrogen-bond donors (Lipinski definition) is 2. The fourth-order valence-electron chi connectivity index (χ4n) is 1.15. The Morgan fingerprint density at radius 2 is 2.00 bits per heavy atom. The molecule has 13 heavy (non-hydrogen) atoms. The summed E-state index contributed by atoms with van der Waals surface area (Å²) >= 11 is 0. The van der Waals surface area contributed by atoms with Crippen molar-refractivity contribution in [3.8, 4) is 0 Å². The molecule has 2 N–H and O–H groups in total. The third-order valence-corrected chi connectivity index (χ3v) is 2.01. The minimum atomic E-state index is 0.879. The van der Waals surface area contributed by atoms with E-state index >= 15 is 0 Å². The number of rotatable bonds is 2. The molecular weight excluding hydrogens is 164 g/mol. The van der Waals surface area contributed by atoms with Crippen molar-refractivity contribution in [2.45, 2.75) is 20.8 Å². The Labute approximate surface area is 78.1 Å². The van der Waals surface area contributed by atoms with Crippen molar-refractivity contribution in [3.05, 3.63) is 34.8 Å². The number of aryl methyl sites for hydroxylation is 3. The highest BCUT2D eigenvalue weighted by molar-refractivity contribution is 5.49. The molecule has 0 bridgehead atoms. The van der Waals surface area contributed by atoms with Crippen LogP contribution in [0, 0.1) is 20.8 Å². The molecule has 0 saturated heterocycles. The summed E-state index contributed by atoms with van der Waals surface area (Å²) in [5.74, 6) is 0. The largest absolute Gasteiger partial charge is 0.292 e. The third-order valence-electron chi connectivity index (χ3n) is 2.01. The topological polar surface area (TPSA) is 45.1 Å². The number of nitrogens with one attached hydrogen (secondary N) is 1. The maximum Gasteiger partial charge on any atom is 0.0677 e. The Morgan fingerprint density at radius 3 is 2.62 bits per heavy atom. The average molecular weight is 178 g/mol. The lowest BCUT2D eigenvalue weighted by atomic mass is 10.1. The van der Waals surface area contributed by atoms with Crippen LogP contribution < -0.4 is 5.48 Å². The fourth-order valence-corrected chi connectivity index (χ4v) is 1.15. The Balaban J connectivity index is 3.08. The summed E-state index contributed by atoms with van der Waals surface area (Å²) in [5.41, 5.74) is 6.15. The van der Waals surface area contributed by atoms with Crippen LogP contribution in [0.15, 0.2) is 12.3 Å². The molecule has 0 aliphatic carbocycles. The minimum Gasteiger partial charge on any atom is -0.292 e. The van der Waals surface area contributed by atoms with Gasteiger partial charge in [0.1, 0.15) is 0 Å². The predicted molar refractivity (Wildman–Crippen MR) is 52.4 cm³/mol. The molecule has 0 radical (unpaired) electrons. The molecule has 0 spiro atoms. The molecule has 1 heterocycles. The minimum absolute atomic E-state index is 0.879. The van der Waals surface area contributed by atoms with E-state index in [4.69, 9.17) is 5.21 Å². The van der Waals surface area contributed by atoms with Gasteiger partial charge in [-0.25, -0.2) is 0 Å². The molecule has 0 amide bonds. The summed E-state index contributed by atoms with van der Waals surface area (Å²) in [6.45, 7) is 6.00. The highest BCUT2D eigenvalue weighted by Crippen LogP contribution is 2.11. The predicted octanol–water partition coefficient (Wildman–Crippen LogP) is 1.96. The van der Waals surface area contributed by atoms with Crippen molar-refractivity contribution in [1.29, 1.82) is 0 Å². The van der Waals surface area contributed by atoms with Crippen molar-refractivity contribution < 1.29 is 5.21 Å². The first kappa shape index (κ1) is 9.74. The Hall–Kier alpha value is -1.35. The van der Waals surface area contributed by atoms with Gasteiger partial charge < -0.3 is 0 Å². The van der Waals surface area contributed by atoms with E-state index in [2.05, 4.69) is 11.1 Å². The summed E-state index contributed by atoms with van der Waals surface area (Å²) in [4.78, 5) is 4.37. The van der Waals surface area contributed by atoms with Crippen molar-refractivity contribution >= 4 is 6.08 Å². The summed E-state index contributed by atoms with van der Waals surface area (Å²) in [6.07, 6.45) is 3.19. The van der Waals surface area contributed by atoms with Crippen molar-refractivity contribution in [1.82, 2.24) is 10.5 Å². The van der Waals surface area contributed by atoms with E-state index < -0.39 is 0 Å². The number of hydroxylamine groups is 1. The van der Waals surface area contributed by atoms with Crippen LogP contribution in [0.5, 0.6) is 0 Å².